The summed E-state index contributed by atoms with van der Waals surface area (Å²) in [5.74, 6) is -0.753. The van der Waals surface area contributed by atoms with E-state index in [2.05, 4.69) is 43.1 Å². The number of unbranched alkanes of at least 4 members (excludes halogenated alkanes) is 1. The van der Waals surface area contributed by atoms with Crippen molar-refractivity contribution in [1.29, 1.82) is 0 Å². The number of hydrogen-bond donors (Lipinski definition) is 0. The van der Waals surface area contributed by atoms with Crippen LogP contribution in [0.25, 0.3) is 0 Å². The molecule has 1 heterocycles. The number of hydrogen-bond acceptors (Lipinski definition) is 4. The number of carbonyl (C=O) groups excluding carboxylic acids is 2. The Labute approximate surface area is 161 Å². The maximum absolute atomic E-state index is 12.9. The minimum atomic E-state index is -0.330. The van der Waals surface area contributed by atoms with Crippen LogP contribution in [0.15, 0.2) is 40.5 Å². The second kappa shape index (κ2) is 8.64. The molecule has 0 bridgehead atoms. The SMILES string of the molecule is CCCCOC(=O)C1=C(C)N=C2CCCC(=O)[C@@H]2[C@H]1c1ccc(CC)cc1. The van der Waals surface area contributed by atoms with Gasteiger partial charge in [-0.2, -0.15) is 0 Å². The minimum Gasteiger partial charge on any atom is -0.462 e. The van der Waals surface area contributed by atoms with Gasteiger partial charge in [-0.3, -0.25) is 9.79 Å². The van der Waals surface area contributed by atoms with Crippen molar-refractivity contribution in [1.82, 2.24) is 0 Å². The Hall–Kier alpha value is -2.23. The van der Waals surface area contributed by atoms with E-state index < -0.39 is 0 Å². The van der Waals surface area contributed by atoms with Crippen LogP contribution in [0.1, 0.15) is 69.9 Å². The molecule has 1 aliphatic heterocycles. The zero-order valence-corrected chi connectivity index (χ0v) is 16.6. The fourth-order valence-electron chi connectivity index (χ4n) is 4.09. The quantitative estimate of drug-likeness (QED) is 0.537. The van der Waals surface area contributed by atoms with Gasteiger partial charge in [-0.15, -0.1) is 0 Å². The molecule has 3 rings (SSSR count). The molecule has 4 nitrogen and oxygen atoms in total. The van der Waals surface area contributed by atoms with Crippen LogP contribution in [-0.2, 0) is 20.7 Å². The van der Waals surface area contributed by atoms with Crippen LogP contribution in [0, 0.1) is 5.92 Å². The standard InChI is InChI=1S/C23H29NO3/c1-4-6-14-27-23(26)20-15(3)24-18-8-7-9-19(25)22(18)21(20)17-12-10-16(5-2)11-13-17/h10-13,21-22H,4-9,14H2,1-3H3/t21-,22+/m0/s1. The maximum atomic E-state index is 12.9. The molecular weight excluding hydrogens is 338 g/mol. The second-order valence-corrected chi connectivity index (χ2v) is 7.46. The van der Waals surface area contributed by atoms with Crippen LogP contribution < -0.4 is 0 Å². The summed E-state index contributed by atoms with van der Waals surface area (Å²) in [6, 6.07) is 8.29. The average Bonchev–Trinajstić information content (AvgIpc) is 2.67. The van der Waals surface area contributed by atoms with Crippen molar-refractivity contribution >= 4 is 17.5 Å². The van der Waals surface area contributed by atoms with Gasteiger partial charge >= 0.3 is 5.97 Å². The molecule has 0 unspecified atom stereocenters. The normalized spacial score (nSPS) is 22.3. The van der Waals surface area contributed by atoms with Gasteiger partial charge in [0.15, 0.2) is 0 Å². The number of allylic oxidation sites excluding steroid dienone is 1. The van der Waals surface area contributed by atoms with Gasteiger partial charge < -0.3 is 4.74 Å². The van der Waals surface area contributed by atoms with Crippen molar-refractivity contribution in [3.05, 3.63) is 46.7 Å². The summed E-state index contributed by atoms with van der Waals surface area (Å²) in [6.45, 7) is 6.45. The fourth-order valence-corrected chi connectivity index (χ4v) is 4.09. The largest absolute Gasteiger partial charge is 0.462 e. The van der Waals surface area contributed by atoms with Gasteiger partial charge in [0.1, 0.15) is 5.78 Å². The number of esters is 1. The molecule has 1 saturated carbocycles. The number of ether oxygens (including phenoxy) is 1. The van der Waals surface area contributed by atoms with Crippen molar-refractivity contribution in [2.75, 3.05) is 6.61 Å². The third-order valence-electron chi connectivity index (χ3n) is 5.61. The molecule has 1 aromatic rings. The van der Waals surface area contributed by atoms with E-state index in [1.165, 1.54) is 5.56 Å². The minimum absolute atomic E-state index is 0.191. The highest BCUT2D eigenvalue weighted by molar-refractivity contribution is 6.11. The van der Waals surface area contributed by atoms with Crippen LogP contribution in [-0.4, -0.2) is 24.1 Å². The van der Waals surface area contributed by atoms with Gasteiger partial charge in [0.25, 0.3) is 0 Å². The number of aliphatic imine (C=N–C) groups is 1. The lowest BCUT2D eigenvalue weighted by atomic mass is 9.69. The van der Waals surface area contributed by atoms with Crippen LogP contribution in [0.3, 0.4) is 0 Å². The zero-order chi connectivity index (χ0) is 19.4. The van der Waals surface area contributed by atoms with E-state index in [1.807, 2.05) is 6.92 Å². The lowest BCUT2D eigenvalue weighted by molar-refractivity contribution is -0.139. The summed E-state index contributed by atoms with van der Waals surface area (Å²) < 4.78 is 5.53. The van der Waals surface area contributed by atoms with Crippen LogP contribution in [0.5, 0.6) is 0 Å². The second-order valence-electron chi connectivity index (χ2n) is 7.46. The number of nitrogens with zero attached hydrogens (tertiary/aromatic N) is 1. The number of rotatable bonds is 6. The lowest BCUT2D eigenvalue weighted by Crippen LogP contribution is -2.39. The Morgan fingerprint density at radius 3 is 2.56 bits per heavy atom. The van der Waals surface area contributed by atoms with E-state index in [4.69, 9.17) is 4.74 Å². The molecule has 0 amide bonds. The Kier molecular flexibility index (Phi) is 6.25. The first kappa shape index (κ1) is 19.5. The van der Waals surface area contributed by atoms with Crippen LogP contribution in [0.4, 0.5) is 0 Å². The molecule has 4 heteroatoms. The van der Waals surface area contributed by atoms with E-state index >= 15 is 0 Å². The third kappa shape index (κ3) is 4.05. The van der Waals surface area contributed by atoms with Gasteiger partial charge in [-0.25, -0.2) is 4.79 Å². The molecule has 2 atom stereocenters. The lowest BCUT2D eigenvalue weighted by Gasteiger charge is -2.35. The summed E-state index contributed by atoms with van der Waals surface area (Å²) in [7, 11) is 0. The van der Waals surface area contributed by atoms with E-state index in [-0.39, 0.29) is 23.6 Å². The van der Waals surface area contributed by atoms with Gasteiger partial charge in [0.2, 0.25) is 0 Å². The number of benzene rings is 1. The molecule has 27 heavy (non-hydrogen) atoms. The van der Waals surface area contributed by atoms with E-state index in [0.717, 1.165) is 43.4 Å². The summed E-state index contributed by atoms with van der Waals surface area (Å²) in [6.07, 6.45) is 5.00. The topological polar surface area (TPSA) is 55.7 Å². The predicted octanol–water partition coefficient (Wildman–Crippen LogP) is 4.77. The number of fused-ring (bicyclic) bond motifs is 1. The highest BCUT2D eigenvalue weighted by Crippen LogP contribution is 2.43. The maximum Gasteiger partial charge on any atom is 0.336 e. The summed E-state index contributed by atoms with van der Waals surface area (Å²) in [5.41, 5.74) is 4.42. The molecule has 0 saturated heterocycles. The first-order valence-electron chi connectivity index (χ1n) is 10.1. The molecular formula is C23H29NO3. The summed E-state index contributed by atoms with van der Waals surface area (Å²) >= 11 is 0. The van der Waals surface area contributed by atoms with Crippen molar-refractivity contribution in [2.24, 2.45) is 10.9 Å². The first-order valence-corrected chi connectivity index (χ1v) is 10.1. The monoisotopic (exact) mass is 367 g/mol. The zero-order valence-electron chi connectivity index (χ0n) is 16.6. The third-order valence-corrected chi connectivity index (χ3v) is 5.61. The number of ketones is 1. The molecule has 1 fully saturated rings. The highest BCUT2D eigenvalue weighted by Gasteiger charge is 2.43. The van der Waals surface area contributed by atoms with Gasteiger partial charge in [-0.05, 0) is 43.7 Å². The predicted molar refractivity (Wildman–Crippen MR) is 107 cm³/mol. The Morgan fingerprint density at radius 2 is 1.89 bits per heavy atom. The molecule has 1 aromatic carbocycles. The highest BCUT2D eigenvalue weighted by atomic mass is 16.5. The average molecular weight is 367 g/mol. The van der Waals surface area contributed by atoms with Crippen LogP contribution >= 0.6 is 0 Å². The van der Waals surface area contributed by atoms with Crippen molar-refractivity contribution in [3.8, 4) is 0 Å². The van der Waals surface area contributed by atoms with Gasteiger partial charge in [0.05, 0.1) is 18.1 Å². The summed E-state index contributed by atoms with van der Waals surface area (Å²) in [5, 5.41) is 0. The molecule has 0 N–H and O–H groups in total. The molecule has 0 aromatic heterocycles. The Morgan fingerprint density at radius 1 is 1.15 bits per heavy atom. The molecule has 1 aliphatic carbocycles. The van der Waals surface area contributed by atoms with Crippen molar-refractivity contribution in [3.63, 3.8) is 0 Å². The first-order chi connectivity index (χ1) is 13.1. The number of Topliss-reactive ketones (excluding diaryl/α,β-unsaturated/α-hetero) is 1. The van der Waals surface area contributed by atoms with Gasteiger partial charge in [0, 0.05) is 23.7 Å². The van der Waals surface area contributed by atoms with E-state index in [9.17, 15) is 9.59 Å². The molecule has 2 aliphatic rings. The fraction of sp³-hybridized carbons (Fsp3) is 0.522. The van der Waals surface area contributed by atoms with Crippen molar-refractivity contribution < 1.29 is 14.3 Å². The van der Waals surface area contributed by atoms with Crippen molar-refractivity contribution in [2.45, 2.75) is 65.2 Å². The molecule has 0 spiro atoms. The molecule has 0 radical (unpaired) electrons. The van der Waals surface area contributed by atoms with Gasteiger partial charge in [-0.1, -0.05) is 44.5 Å². The van der Waals surface area contributed by atoms with Crippen LogP contribution in [0.2, 0.25) is 0 Å². The molecule has 144 valence electrons. The van der Waals surface area contributed by atoms with E-state index in [1.54, 1.807) is 0 Å². The Balaban J connectivity index is 2.03. The summed E-state index contributed by atoms with van der Waals surface area (Å²) in [4.78, 5) is 30.4. The number of aryl methyl sites for hydroxylation is 1. The smallest absolute Gasteiger partial charge is 0.336 e. The number of carbonyl (C=O) groups is 2. The Bertz CT molecular complexity index is 773. The van der Waals surface area contributed by atoms with E-state index in [0.29, 0.717) is 24.3 Å².